The smallest absolute Gasteiger partial charge is 0.124 e. The minimum Gasteiger partial charge on any atom is -0.492 e. The summed E-state index contributed by atoms with van der Waals surface area (Å²) in [5.41, 5.74) is 3.68. The van der Waals surface area contributed by atoms with Crippen LogP contribution in [0.2, 0.25) is 0 Å². The molecule has 1 aromatic heterocycles. The lowest BCUT2D eigenvalue weighted by Crippen LogP contribution is -2.17. The van der Waals surface area contributed by atoms with Gasteiger partial charge in [0.05, 0.1) is 24.1 Å². The Morgan fingerprint density at radius 3 is 2.35 bits per heavy atom. The van der Waals surface area contributed by atoms with Crippen LogP contribution in [-0.2, 0) is 18.5 Å². The molecule has 0 atom stereocenters. The van der Waals surface area contributed by atoms with Crippen LogP contribution < -0.4 is 4.74 Å². The molecule has 138 valence electrons. The molecule has 0 bridgehead atoms. The van der Waals surface area contributed by atoms with E-state index in [9.17, 15) is 0 Å². The predicted octanol–water partition coefficient (Wildman–Crippen LogP) is 4.47. The van der Waals surface area contributed by atoms with E-state index in [2.05, 4.69) is 86.8 Å². The molecule has 2 aromatic carbocycles. The minimum atomic E-state index is 0.162. The number of rotatable bonds is 6. The van der Waals surface area contributed by atoms with E-state index in [4.69, 9.17) is 9.72 Å². The molecule has 0 aliphatic heterocycles. The SMILES string of the molecule is CN(C)Cc1nc2ccccc2n1CCOc1ccc(C(C)(C)C)cc1. The molecule has 0 saturated carbocycles. The van der Waals surface area contributed by atoms with Gasteiger partial charge < -0.3 is 14.2 Å². The molecule has 0 saturated heterocycles. The molecule has 26 heavy (non-hydrogen) atoms. The zero-order chi connectivity index (χ0) is 18.7. The summed E-state index contributed by atoms with van der Waals surface area (Å²) in [5, 5.41) is 0. The average Bonchev–Trinajstić information content (AvgIpc) is 2.91. The Labute approximate surface area is 156 Å². The second kappa shape index (κ2) is 7.50. The Balaban J connectivity index is 1.71. The number of aromatic nitrogens is 2. The summed E-state index contributed by atoms with van der Waals surface area (Å²) < 4.78 is 8.26. The van der Waals surface area contributed by atoms with Gasteiger partial charge in [-0.05, 0) is 49.3 Å². The molecule has 0 spiro atoms. The highest BCUT2D eigenvalue weighted by Gasteiger charge is 2.13. The van der Waals surface area contributed by atoms with Gasteiger partial charge >= 0.3 is 0 Å². The lowest BCUT2D eigenvalue weighted by molar-refractivity contribution is 0.293. The van der Waals surface area contributed by atoms with Crippen molar-refractivity contribution < 1.29 is 4.74 Å². The molecule has 0 amide bonds. The number of para-hydroxylation sites is 2. The van der Waals surface area contributed by atoms with E-state index in [1.165, 1.54) is 5.56 Å². The second-order valence-electron chi connectivity index (χ2n) is 8.03. The minimum absolute atomic E-state index is 0.162. The highest BCUT2D eigenvalue weighted by atomic mass is 16.5. The first kappa shape index (κ1) is 18.5. The number of fused-ring (bicyclic) bond motifs is 1. The van der Waals surface area contributed by atoms with Crippen molar-refractivity contribution in [2.75, 3.05) is 20.7 Å². The van der Waals surface area contributed by atoms with E-state index < -0.39 is 0 Å². The molecule has 0 aliphatic carbocycles. The number of hydrogen-bond acceptors (Lipinski definition) is 3. The molecular weight excluding hydrogens is 322 g/mol. The van der Waals surface area contributed by atoms with Crippen LogP contribution in [0.15, 0.2) is 48.5 Å². The lowest BCUT2D eigenvalue weighted by atomic mass is 9.87. The van der Waals surface area contributed by atoms with Crippen LogP contribution in [0.3, 0.4) is 0 Å². The fourth-order valence-corrected chi connectivity index (χ4v) is 3.08. The Bertz CT molecular complexity index is 857. The Morgan fingerprint density at radius 2 is 1.69 bits per heavy atom. The first-order valence-corrected chi connectivity index (χ1v) is 9.17. The van der Waals surface area contributed by atoms with Crippen LogP contribution >= 0.6 is 0 Å². The van der Waals surface area contributed by atoms with Gasteiger partial charge in [-0.3, -0.25) is 0 Å². The van der Waals surface area contributed by atoms with Crippen molar-refractivity contribution in [1.82, 2.24) is 14.5 Å². The van der Waals surface area contributed by atoms with E-state index in [-0.39, 0.29) is 5.41 Å². The fraction of sp³-hybridized carbons (Fsp3) is 0.409. The molecule has 0 unspecified atom stereocenters. The van der Waals surface area contributed by atoms with Crippen LogP contribution in [0, 0.1) is 0 Å². The topological polar surface area (TPSA) is 30.3 Å². The lowest BCUT2D eigenvalue weighted by Gasteiger charge is -2.19. The van der Waals surface area contributed by atoms with Gasteiger partial charge in [0.15, 0.2) is 0 Å². The molecule has 3 rings (SSSR count). The van der Waals surface area contributed by atoms with E-state index in [1.807, 2.05) is 6.07 Å². The maximum Gasteiger partial charge on any atom is 0.124 e. The number of ether oxygens (including phenoxy) is 1. The number of imidazole rings is 1. The second-order valence-corrected chi connectivity index (χ2v) is 8.03. The van der Waals surface area contributed by atoms with Gasteiger partial charge in [0.25, 0.3) is 0 Å². The molecule has 3 aromatic rings. The standard InChI is InChI=1S/C22H29N3O/c1-22(2,3)17-10-12-18(13-11-17)26-15-14-25-20-9-7-6-8-19(20)23-21(25)16-24(4)5/h6-13H,14-16H2,1-5H3. The van der Waals surface area contributed by atoms with Crippen LogP contribution in [0.4, 0.5) is 0 Å². The number of hydrogen-bond donors (Lipinski definition) is 0. The maximum atomic E-state index is 5.99. The van der Waals surface area contributed by atoms with Crippen molar-refractivity contribution in [3.8, 4) is 5.75 Å². The van der Waals surface area contributed by atoms with Gasteiger partial charge in [0, 0.05) is 0 Å². The molecule has 0 N–H and O–H groups in total. The van der Waals surface area contributed by atoms with Crippen molar-refractivity contribution in [3.05, 3.63) is 59.9 Å². The normalized spacial score (nSPS) is 12.1. The monoisotopic (exact) mass is 351 g/mol. The van der Waals surface area contributed by atoms with Crippen LogP contribution in [0.5, 0.6) is 5.75 Å². The quantitative estimate of drug-likeness (QED) is 0.656. The van der Waals surface area contributed by atoms with Crippen molar-refractivity contribution in [2.24, 2.45) is 0 Å². The first-order valence-electron chi connectivity index (χ1n) is 9.17. The van der Waals surface area contributed by atoms with Gasteiger partial charge in [-0.25, -0.2) is 4.98 Å². The number of benzene rings is 2. The third-order valence-electron chi connectivity index (χ3n) is 4.50. The van der Waals surface area contributed by atoms with Crippen molar-refractivity contribution >= 4 is 11.0 Å². The molecular formula is C22H29N3O. The summed E-state index contributed by atoms with van der Waals surface area (Å²) in [6, 6.07) is 16.7. The largest absolute Gasteiger partial charge is 0.492 e. The maximum absolute atomic E-state index is 5.99. The molecule has 4 heteroatoms. The van der Waals surface area contributed by atoms with Crippen molar-refractivity contribution in [3.63, 3.8) is 0 Å². The van der Waals surface area contributed by atoms with Gasteiger partial charge in [0.2, 0.25) is 0 Å². The van der Waals surface area contributed by atoms with Crippen LogP contribution in [-0.4, -0.2) is 35.2 Å². The average molecular weight is 351 g/mol. The van der Waals surface area contributed by atoms with Gasteiger partial charge in [0.1, 0.15) is 18.2 Å². The third kappa shape index (κ3) is 4.25. The molecule has 0 radical (unpaired) electrons. The van der Waals surface area contributed by atoms with E-state index in [0.29, 0.717) is 6.61 Å². The van der Waals surface area contributed by atoms with E-state index >= 15 is 0 Å². The molecule has 4 nitrogen and oxygen atoms in total. The molecule has 0 aliphatic rings. The van der Waals surface area contributed by atoms with Crippen molar-refractivity contribution in [2.45, 2.75) is 39.3 Å². The summed E-state index contributed by atoms with van der Waals surface area (Å²) in [5.74, 6) is 1.99. The highest BCUT2D eigenvalue weighted by Crippen LogP contribution is 2.24. The zero-order valence-electron chi connectivity index (χ0n) is 16.5. The Morgan fingerprint density at radius 1 is 1.00 bits per heavy atom. The summed E-state index contributed by atoms with van der Waals surface area (Å²) in [7, 11) is 4.13. The van der Waals surface area contributed by atoms with E-state index in [1.54, 1.807) is 0 Å². The summed E-state index contributed by atoms with van der Waals surface area (Å²) in [6.07, 6.45) is 0. The zero-order valence-corrected chi connectivity index (χ0v) is 16.5. The van der Waals surface area contributed by atoms with Gasteiger partial charge in [-0.2, -0.15) is 0 Å². The Kier molecular flexibility index (Phi) is 5.33. The number of nitrogens with zero attached hydrogens (tertiary/aromatic N) is 3. The Hall–Kier alpha value is -2.33. The first-order chi connectivity index (χ1) is 12.3. The van der Waals surface area contributed by atoms with Gasteiger partial charge in [-0.1, -0.05) is 45.0 Å². The third-order valence-corrected chi connectivity index (χ3v) is 4.50. The summed E-state index contributed by atoms with van der Waals surface area (Å²) >= 11 is 0. The van der Waals surface area contributed by atoms with E-state index in [0.717, 1.165) is 35.7 Å². The van der Waals surface area contributed by atoms with Crippen LogP contribution in [0.1, 0.15) is 32.2 Å². The molecule has 0 fully saturated rings. The predicted molar refractivity (Wildman–Crippen MR) is 108 cm³/mol. The molecule has 1 heterocycles. The van der Waals surface area contributed by atoms with Crippen molar-refractivity contribution in [1.29, 1.82) is 0 Å². The van der Waals surface area contributed by atoms with Crippen LogP contribution in [0.25, 0.3) is 11.0 Å². The van der Waals surface area contributed by atoms with Gasteiger partial charge in [-0.15, -0.1) is 0 Å². The highest BCUT2D eigenvalue weighted by molar-refractivity contribution is 5.75. The summed E-state index contributed by atoms with van der Waals surface area (Å²) in [4.78, 5) is 6.93. The fourth-order valence-electron chi connectivity index (χ4n) is 3.08. The summed E-state index contributed by atoms with van der Waals surface area (Å²) in [6.45, 7) is 8.88.